The fraction of sp³-hybridized carbons (Fsp3) is 0.348. The highest BCUT2D eigenvalue weighted by Crippen LogP contribution is 2.33. The maximum absolute atomic E-state index is 15.6. The molecular weight excluding hydrogens is 922 g/mol. The zero-order valence-electron chi connectivity index (χ0n) is 37.4. The zero-order valence-corrected chi connectivity index (χ0v) is 38.9. The summed E-state index contributed by atoms with van der Waals surface area (Å²) in [6.07, 6.45) is 9.27. The van der Waals surface area contributed by atoms with Gasteiger partial charge < -0.3 is 19.3 Å². The van der Waals surface area contributed by atoms with E-state index in [0.29, 0.717) is 62.2 Å². The fourth-order valence-electron chi connectivity index (χ4n) is 8.68. The van der Waals surface area contributed by atoms with Gasteiger partial charge >= 0.3 is 0 Å². The highest BCUT2D eigenvalue weighted by Gasteiger charge is 2.29. The monoisotopic (exact) mass is 964 g/mol. The molecule has 8 heterocycles. The van der Waals surface area contributed by atoms with Gasteiger partial charge in [0.2, 0.25) is 11.9 Å². The van der Waals surface area contributed by atoms with Crippen LogP contribution >= 0.6 is 23.2 Å². The molecule has 8 aromatic rings. The van der Waals surface area contributed by atoms with Crippen molar-refractivity contribution in [3.63, 3.8) is 0 Å². The minimum Gasteiger partial charge on any atom is -0.487 e. The van der Waals surface area contributed by atoms with Gasteiger partial charge in [0.15, 0.2) is 22.5 Å². The van der Waals surface area contributed by atoms with Gasteiger partial charge in [-0.3, -0.25) is 28.1 Å². The number of aromatic nitrogens is 12. The molecule has 0 spiro atoms. The Labute approximate surface area is 396 Å². The van der Waals surface area contributed by atoms with Crippen LogP contribution in [0.1, 0.15) is 37.3 Å². The average molecular weight is 966 g/mol. The molecule has 2 fully saturated rings. The molecule has 18 nitrogen and oxygen atoms in total. The first-order valence-corrected chi connectivity index (χ1v) is 22.8. The molecule has 0 saturated carbocycles. The minimum absolute atomic E-state index is 0.0513. The van der Waals surface area contributed by atoms with Gasteiger partial charge in [-0.25, -0.2) is 38.7 Å². The second-order valence-electron chi connectivity index (χ2n) is 16.9. The summed E-state index contributed by atoms with van der Waals surface area (Å²) in [4.78, 5) is 60.2. The van der Waals surface area contributed by atoms with Crippen LogP contribution in [0.4, 0.5) is 20.7 Å². The maximum Gasteiger partial charge on any atom is 0.280 e. The Balaban J connectivity index is 0.875. The number of hydrogen-bond donors (Lipinski definition) is 0. The minimum atomic E-state index is -0.602. The highest BCUT2D eigenvalue weighted by atomic mass is 35.5. The molecule has 0 unspecified atom stereocenters. The lowest BCUT2D eigenvalue weighted by Gasteiger charge is -2.32. The molecule has 0 aliphatic carbocycles. The third kappa shape index (κ3) is 8.80. The first kappa shape index (κ1) is 44.8. The summed E-state index contributed by atoms with van der Waals surface area (Å²) in [5.74, 6) is 1.34. The van der Waals surface area contributed by atoms with E-state index in [9.17, 15) is 9.59 Å². The van der Waals surface area contributed by atoms with Crippen LogP contribution in [0.3, 0.4) is 0 Å². The second kappa shape index (κ2) is 18.2. The Bertz CT molecular complexity index is 3370. The van der Waals surface area contributed by atoms with Crippen molar-refractivity contribution in [1.82, 2.24) is 58.6 Å². The number of anilines is 2. The standard InChI is InChI=1S/C46H44Cl2F2N14O4/c1-25-53-39-37(33-9-7-27(47)18-35(33)49)56-46(57-41(39)43(65)60(25)4)62-13-5-6-30(23-62)68-32-21-52-63(24-32)16-17-64-26(2)54-40-38(34-10-8-28(48)19-36(34)50)55-45(58-42(40)44(64)66)61-14-11-29(12-15-61)67-31-20-51-59(3)22-31/h7-10,18-22,24,29-30H,5-6,11-17,23H2,1-4H3/t30-/m1/s1. The van der Waals surface area contributed by atoms with Crippen LogP contribution in [-0.2, 0) is 27.2 Å². The summed E-state index contributed by atoms with van der Waals surface area (Å²) >= 11 is 12.2. The molecule has 68 heavy (non-hydrogen) atoms. The van der Waals surface area contributed by atoms with Gasteiger partial charge in [0, 0.05) is 74.3 Å². The van der Waals surface area contributed by atoms with Gasteiger partial charge in [-0.05, 0) is 63.1 Å². The lowest BCUT2D eigenvalue weighted by molar-refractivity contribution is 0.170. The third-order valence-corrected chi connectivity index (χ3v) is 12.8. The molecule has 10 rings (SSSR count). The van der Waals surface area contributed by atoms with Crippen LogP contribution in [0, 0.1) is 25.5 Å². The summed E-state index contributed by atoms with van der Waals surface area (Å²) < 4.78 is 49.8. The normalized spacial score (nSPS) is 15.7. The molecule has 2 aliphatic rings. The number of piperidine rings is 2. The molecule has 0 bridgehead atoms. The summed E-state index contributed by atoms with van der Waals surface area (Å²) in [6, 6.07) is 8.58. The molecular formula is C46H44Cl2F2N14O4. The van der Waals surface area contributed by atoms with E-state index >= 15 is 8.78 Å². The van der Waals surface area contributed by atoms with Crippen molar-refractivity contribution >= 4 is 57.2 Å². The smallest absolute Gasteiger partial charge is 0.280 e. The van der Waals surface area contributed by atoms with Crippen molar-refractivity contribution in [1.29, 1.82) is 0 Å². The quantitative estimate of drug-likeness (QED) is 0.137. The Morgan fingerprint density at radius 2 is 1.24 bits per heavy atom. The lowest BCUT2D eigenvalue weighted by atomic mass is 10.1. The van der Waals surface area contributed by atoms with Crippen LogP contribution in [0.2, 0.25) is 10.0 Å². The first-order chi connectivity index (χ1) is 32.8. The van der Waals surface area contributed by atoms with E-state index in [1.807, 2.05) is 23.0 Å². The Morgan fingerprint density at radius 3 is 1.87 bits per heavy atom. The Kier molecular flexibility index (Phi) is 12.0. The first-order valence-electron chi connectivity index (χ1n) is 22.1. The van der Waals surface area contributed by atoms with Gasteiger partial charge in [-0.15, -0.1) is 0 Å². The van der Waals surface area contributed by atoms with Crippen molar-refractivity contribution in [2.24, 2.45) is 14.1 Å². The average Bonchev–Trinajstić information content (AvgIpc) is 3.95. The Hall–Kier alpha value is -7.06. The number of hydrogen-bond acceptors (Lipinski definition) is 14. The van der Waals surface area contributed by atoms with E-state index in [1.54, 1.807) is 61.0 Å². The largest absolute Gasteiger partial charge is 0.487 e. The number of nitrogens with zero attached hydrogens (tertiary/aromatic N) is 14. The predicted molar refractivity (Wildman–Crippen MR) is 252 cm³/mol. The van der Waals surface area contributed by atoms with Gasteiger partial charge in [-0.1, -0.05) is 23.2 Å². The van der Waals surface area contributed by atoms with Crippen LogP contribution in [0.25, 0.3) is 44.6 Å². The van der Waals surface area contributed by atoms with E-state index < -0.39 is 17.2 Å². The summed E-state index contributed by atoms with van der Waals surface area (Å²) in [7, 11) is 3.44. The number of aryl methyl sites for hydroxylation is 4. The molecule has 1 atom stereocenters. The van der Waals surface area contributed by atoms with E-state index in [4.69, 9.17) is 52.6 Å². The maximum atomic E-state index is 15.6. The molecule has 2 aliphatic heterocycles. The van der Waals surface area contributed by atoms with E-state index in [2.05, 4.69) is 20.2 Å². The van der Waals surface area contributed by atoms with Gasteiger partial charge in [0.05, 0.1) is 37.9 Å². The Morgan fingerprint density at radius 1 is 0.647 bits per heavy atom. The van der Waals surface area contributed by atoms with Crippen LogP contribution in [0.5, 0.6) is 11.5 Å². The number of rotatable bonds is 11. The van der Waals surface area contributed by atoms with E-state index in [-0.39, 0.29) is 97.4 Å². The predicted octanol–water partition coefficient (Wildman–Crippen LogP) is 6.49. The molecule has 0 amide bonds. The number of halogens is 4. The molecule has 350 valence electrons. The second-order valence-corrected chi connectivity index (χ2v) is 17.8. The van der Waals surface area contributed by atoms with Gasteiger partial charge in [0.1, 0.15) is 57.9 Å². The SMILES string of the molecule is Cc1nc2c(-c3ccc(Cl)cc3F)nc(N3CCC[C@@H](Oc4cnn(CCn5c(C)nc6c(-c7ccc(Cl)cc7F)nc(N7CCC(Oc8cnn(C)c8)CC7)nc6c5=O)c4)C3)nc2c(=O)n1C. The van der Waals surface area contributed by atoms with Gasteiger partial charge in [0.25, 0.3) is 11.1 Å². The van der Waals surface area contributed by atoms with Gasteiger partial charge in [-0.2, -0.15) is 10.2 Å². The van der Waals surface area contributed by atoms with E-state index in [0.717, 1.165) is 12.8 Å². The van der Waals surface area contributed by atoms with Crippen molar-refractivity contribution in [2.75, 3.05) is 36.0 Å². The molecule has 0 radical (unpaired) electrons. The van der Waals surface area contributed by atoms with Crippen molar-refractivity contribution < 1.29 is 18.3 Å². The molecule has 6 aromatic heterocycles. The molecule has 0 N–H and O–H groups in total. The van der Waals surface area contributed by atoms with Crippen LogP contribution in [0.15, 0.2) is 70.8 Å². The third-order valence-electron chi connectivity index (χ3n) is 12.3. The summed E-state index contributed by atoms with van der Waals surface area (Å²) in [6.45, 7) is 5.90. The van der Waals surface area contributed by atoms with Crippen molar-refractivity contribution in [3.8, 4) is 34.0 Å². The fourth-order valence-corrected chi connectivity index (χ4v) is 9.00. The van der Waals surface area contributed by atoms with E-state index in [1.165, 1.54) is 33.4 Å². The van der Waals surface area contributed by atoms with Crippen LogP contribution in [-0.4, -0.2) is 97.0 Å². The topological polar surface area (TPSA) is 182 Å². The molecule has 22 heteroatoms. The number of benzene rings is 2. The van der Waals surface area contributed by atoms with Crippen molar-refractivity contribution in [2.45, 2.75) is 64.8 Å². The molecule has 2 saturated heterocycles. The summed E-state index contributed by atoms with van der Waals surface area (Å²) in [5.41, 5.74) is 0.379. The number of ether oxygens (including phenoxy) is 2. The van der Waals surface area contributed by atoms with Crippen molar-refractivity contribution in [3.05, 3.63) is 115 Å². The number of fused-ring (bicyclic) bond motifs is 2. The highest BCUT2D eigenvalue weighted by molar-refractivity contribution is 6.31. The zero-order chi connectivity index (χ0) is 47.4. The van der Waals surface area contributed by atoms with Crippen LogP contribution < -0.4 is 30.4 Å². The molecule has 2 aromatic carbocycles. The summed E-state index contributed by atoms with van der Waals surface area (Å²) in [5, 5.41) is 9.16. The lowest BCUT2D eigenvalue weighted by Crippen LogP contribution is -2.42.